The Balaban J connectivity index is 2.18. The molecule has 0 nitrogen and oxygen atoms in total. The van der Waals surface area contributed by atoms with E-state index in [1.807, 2.05) is 36.4 Å². The van der Waals surface area contributed by atoms with Gasteiger partial charge in [0.1, 0.15) is 0 Å². The summed E-state index contributed by atoms with van der Waals surface area (Å²) in [4.78, 5) is 0. The van der Waals surface area contributed by atoms with Gasteiger partial charge in [-0.1, -0.05) is 104 Å². The van der Waals surface area contributed by atoms with E-state index in [2.05, 4.69) is 43.3 Å². The minimum atomic E-state index is -1.15. The van der Waals surface area contributed by atoms with Crippen LogP contribution in [0.5, 0.6) is 0 Å². The first-order chi connectivity index (χ1) is 13.6. The zero-order valence-electron chi connectivity index (χ0n) is 16.2. The first kappa shape index (κ1) is 21.3. The van der Waals surface area contributed by atoms with Gasteiger partial charge in [0.2, 0.25) is 0 Å². The summed E-state index contributed by atoms with van der Waals surface area (Å²) in [6.45, 7) is 2.25. The van der Waals surface area contributed by atoms with Crippen molar-refractivity contribution in [2.45, 2.75) is 38.9 Å². The summed E-state index contributed by atoms with van der Waals surface area (Å²) in [6.07, 6.45) is 4.81. The smallest absolute Gasteiger partial charge is 0.0814 e. The lowest BCUT2D eigenvalue weighted by molar-refractivity contribution is 0.698. The minimum absolute atomic E-state index is 0.756. The van der Waals surface area contributed by atoms with Gasteiger partial charge in [-0.2, -0.15) is 22.7 Å². The van der Waals surface area contributed by atoms with Crippen LogP contribution in [0.2, 0.25) is 21.4 Å². The molecule has 146 valence electrons. The highest BCUT2D eigenvalue weighted by molar-refractivity contribution is 7.11. The number of benzene rings is 3. The van der Waals surface area contributed by atoms with E-state index in [1.165, 1.54) is 42.1 Å². The maximum absolute atomic E-state index is 6.21. The first-order valence-corrected chi connectivity index (χ1v) is 11.1. The fourth-order valence-electron chi connectivity index (χ4n) is 4.33. The molecule has 0 radical (unpaired) electrons. The van der Waals surface area contributed by atoms with Crippen molar-refractivity contribution in [1.29, 1.82) is 0 Å². The van der Waals surface area contributed by atoms with Crippen LogP contribution < -0.4 is 16.4 Å². The van der Waals surface area contributed by atoms with Gasteiger partial charge in [0.15, 0.2) is 0 Å². The van der Waals surface area contributed by atoms with E-state index < -0.39 is 6.15 Å². The molecule has 3 aromatic rings. The van der Waals surface area contributed by atoms with Crippen molar-refractivity contribution in [3.8, 4) is 0 Å². The summed E-state index contributed by atoms with van der Waals surface area (Å²) in [5.41, 5.74) is 3.89. The maximum Gasteiger partial charge on any atom is 0.0814 e. The molecule has 0 heterocycles. The minimum Gasteiger partial charge on any atom is -0.200 e. The second-order valence-electron chi connectivity index (χ2n) is 7.55. The molecular weight excluding hydrogens is 405 g/mol. The molecule has 0 fully saturated rings. The highest BCUT2D eigenvalue weighted by Crippen LogP contribution is 2.20. The summed E-state index contributed by atoms with van der Waals surface area (Å²) in [7, 11) is 0. The Labute approximate surface area is 183 Å². The van der Waals surface area contributed by atoms with Crippen molar-refractivity contribution < 1.29 is 0 Å². The Bertz CT molecular complexity index is 760. The number of hydrogen-bond donors (Lipinski definition) is 0. The van der Waals surface area contributed by atoms with E-state index in [4.69, 9.17) is 34.8 Å². The third kappa shape index (κ3) is 4.77. The van der Waals surface area contributed by atoms with Crippen molar-refractivity contribution in [3.05, 3.63) is 87.9 Å². The second-order valence-corrected chi connectivity index (χ2v) is 8.86. The predicted molar refractivity (Wildman–Crippen MR) is 128 cm³/mol. The van der Waals surface area contributed by atoms with Gasteiger partial charge in [0, 0.05) is 15.1 Å². The Morgan fingerprint density at radius 3 is 1.21 bits per heavy atom. The number of hydrogen-bond acceptors (Lipinski definition) is 0. The molecule has 0 spiro atoms. The molecule has 3 rings (SSSR count). The Morgan fingerprint density at radius 2 is 0.893 bits per heavy atom. The van der Waals surface area contributed by atoms with Crippen molar-refractivity contribution in [1.82, 2.24) is 0 Å². The van der Waals surface area contributed by atoms with Crippen molar-refractivity contribution in [3.63, 3.8) is 0 Å². The quantitative estimate of drug-likeness (QED) is 0.276. The largest absolute Gasteiger partial charge is 0.200 e. The van der Waals surface area contributed by atoms with E-state index >= 15 is 0 Å². The fraction of sp³-hybridized carbons (Fsp3) is 0.250. The Morgan fingerprint density at radius 1 is 0.536 bits per heavy atom. The molecule has 3 aromatic carbocycles. The fourth-order valence-corrected chi connectivity index (χ4v) is 4.71. The molecule has 0 saturated heterocycles. The van der Waals surface area contributed by atoms with E-state index in [9.17, 15) is 0 Å². The molecule has 0 N–H and O–H groups in total. The van der Waals surface area contributed by atoms with Gasteiger partial charge in [0.25, 0.3) is 0 Å². The average molecular weight is 431 g/mol. The highest BCUT2D eigenvalue weighted by atomic mass is 35.5. The molecule has 0 bridgehead atoms. The lowest BCUT2D eigenvalue weighted by Gasteiger charge is -2.43. The molecule has 0 atom stereocenters. The molecule has 0 aliphatic heterocycles. The highest BCUT2D eigenvalue weighted by Gasteiger charge is 2.29. The van der Waals surface area contributed by atoms with Crippen molar-refractivity contribution >= 4 is 57.3 Å². The zero-order chi connectivity index (χ0) is 20.0. The van der Waals surface area contributed by atoms with E-state index in [-0.39, 0.29) is 0 Å². The summed E-state index contributed by atoms with van der Waals surface area (Å²) in [5, 5.41) is 2.27. The first-order valence-electron chi connectivity index (χ1n) is 10.0. The van der Waals surface area contributed by atoms with Crippen LogP contribution >= 0.6 is 34.8 Å². The summed E-state index contributed by atoms with van der Waals surface area (Å²) < 4.78 is 0. The Hall–Kier alpha value is -1.41. The molecule has 0 saturated carbocycles. The summed E-state index contributed by atoms with van der Waals surface area (Å²) in [5.74, 6) is 0. The van der Waals surface area contributed by atoms with Gasteiger partial charge in [-0.25, -0.2) is 0 Å². The molecule has 28 heavy (non-hydrogen) atoms. The van der Waals surface area contributed by atoms with E-state index in [1.54, 1.807) is 0 Å². The van der Waals surface area contributed by atoms with Crippen LogP contribution in [0.15, 0.2) is 72.8 Å². The third-order valence-corrected chi connectivity index (χ3v) is 6.56. The van der Waals surface area contributed by atoms with Gasteiger partial charge >= 0.3 is 0 Å². The predicted octanol–water partition coefficient (Wildman–Crippen LogP) is 6.70. The van der Waals surface area contributed by atoms with Crippen molar-refractivity contribution in [2.75, 3.05) is 0 Å². The normalized spacial score (nSPS) is 11.6. The molecule has 0 aliphatic carbocycles. The number of rotatable bonds is 8. The van der Waals surface area contributed by atoms with Crippen LogP contribution in [-0.4, -0.2) is 6.15 Å². The summed E-state index contributed by atoms with van der Waals surface area (Å²) >= 11 is 18.6. The van der Waals surface area contributed by atoms with Gasteiger partial charge < -0.3 is 0 Å². The third-order valence-electron chi connectivity index (χ3n) is 5.81. The SMILES string of the molecule is CCCCCC[B-](c1ccc(Cl)cc1)(c1ccc(Cl)cc1)c1ccc(Cl)cc1. The molecule has 0 amide bonds. The van der Waals surface area contributed by atoms with E-state index in [0.717, 1.165) is 21.4 Å². The maximum atomic E-state index is 6.21. The zero-order valence-corrected chi connectivity index (χ0v) is 18.4. The van der Waals surface area contributed by atoms with Gasteiger partial charge in [-0.3, -0.25) is 0 Å². The van der Waals surface area contributed by atoms with Crippen LogP contribution in [0.1, 0.15) is 32.6 Å². The van der Waals surface area contributed by atoms with Crippen LogP contribution in [0.25, 0.3) is 0 Å². The van der Waals surface area contributed by atoms with Crippen LogP contribution in [0.4, 0.5) is 0 Å². The standard InChI is InChI=1S/C24H25BCl3/c1-2-3-4-5-18-25(19-6-12-22(26)13-7-19,20-8-14-23(27)15-9-20)21-10-16-24(28)17-11-21/h6-17H,2-5,18H2,1H3/q-1. The van der Waals surface area contributed by atoms with Crippen LogP contribution in [0, 0.1) is 0 Å². The molecule has 4 heteroatoms. The molecule has 0 aliphatic rings. The second kappa shape index (κ2) is 9.88. The number of halogens is 3. The molecular formula is C24H25BCl3-. The lowest BCUT2D eigenvalue weighted by Crippen LogP contribution is -2.66. The molecule has 0 unspecified atom stereocenters. The van der Waals surface area contributed by atoms with E-state index in [0.29, 0.717) is 0 Å². The number of unbranched alkanes of at least 4 members (excludes halogenated alkanes) is 3. The monoisotopic (exact) mass is 429 g/mol. The van der Waals surface area contributed by atoms with Crippen LogP contribution in [0.3, 0.4) is 0 Å². The van der Waals surface area contributed by atoms with Gasteiger partial charge in [0.05, 0.1) is 6.15 Å². The van der Waals surface area contributed by atoms with Crippen LogP contribution in [-0.2, 0) is 0 Å². The molecule has 0 aromatic heterocycles. The topological polar surface area (TPSA) is 0 Å². The van der Waals surface area contributed by atoms with Crippen molar-refractivity contribution in [2.24, 2.45) is 0 Å². The average Bonchev–Trinajstić information content (AvgIpc) is 2.71. The van der Waals surface area contributed by atoms with Gasteiger partial charge in [-0.15, -0.1) is 0 Å². The van der Waals surface area contributed by atoms with Gasteiger partial charge in [-0.05, 0) is 36.4 Å². The Kier molecular flexibility index (Phi) is 7.52. The summed E-state index contributed by atoms with van der Waals surface area (Å²) in [6, 6.07) is 25.0. The lowest BCUT2D eigenvalue weighted by atomic mass is 9.14.